The molecule has 2 N–H and O–H groups in total. The number of thiophene rings is 1. The number of hydrogen-bond donors (Lipinski definition) is 1. The third-order valence-electron chi connectivity index (χ3n) is 4.03. The summed E-state index contributed by atoms with van der Waals surface area (Å²) in [5, 5.41) is 8.25. The van der Waals surface area contributed by atoms with Crippen LogP contribution in [0.2, 0.25) is 0 Å². The molecule has 0 radical (unpaired) electrons. The van der Waals surface area contributed by atoms with E-state index in [9.17, 15) is 14.0 Å². The van der Waals surface area contributed by atoms with Crippen molar-refractivity contribution in [1.82, 2.24) is 10.2 Å². The van der Waals surface area contributed by atoms with Gasteiger partial charge in [-0.15, -0.1) is 21.5 Å². The molecule has 3 aromatic rings. The van der Waals surface area contributed by atoms with Gasteiger partial charge in [0.2, 0.25) is 0 Å². The molecule has 0 saturated carbocycles. The molecule has 1 atom stereocenters. The fourth-order valence-electron chi connectivity index (χ4n) is 2.55. The lowest BCUT2D eigenvalue weighted by atomic mass is 10.1. The largest absolute Gasteiger partial charge is 0.481 e. The second-order valence-corrected chi connectivity index (χ2v) is 8.02. The van der Waals surface area contributed by atoms with Gasteiger partial charge in [0.05, 0.1) is 19.8 Å². The van der Waals surface area contributed by atoms with Crippen LogP contribution in [0, 0.1) is 5.82 Å². The maximum absolute atomic E-state index is 13.0. The normalized spacial score (nSPS) is 11.7. The van der Waals surface area contributed by atoms with Gasteiger partial charge in [0.15, 0.2) is 6.10 Å². The van der Waals surface area contributed by atoms with Crippen molar-refractivity contribution in [3.8, 4) is 5.75 Å². The number of ether oxygens (including phenoxy) is 3. The highest BCUT2D eigenvalue weighted by Gasteiger charge is 2.28. The number of nitrogen functional groups attached to an aromatic ring is 1. The summed E-state index contributed by atoms with van der Waals surface area (Å²) in [7, 11) is 2.46. The van der Waals surface area contributed by atoms with Crippen molar-refractivity contribution in [2.24, 2.45) is 0 Å². The highest BCUT2D eigenvalue weighted by atomic mass is 32.2. The van der Waals surface area contributed by atoms with E-state index < -0.39 is 18.0 Å². The van der Waals surface area contributed by atoms with Gasteiger partial charge in [-0.3, -0.25) is 0 Å². The molecule has 2 aromatic heterocycles. The zero-order valence-electron chi connectivity index (χ0n) is 16.7. The number of methoxy groups -OCH3 is 2. The molecular formula is C19H18FN3O6S2. The van der Waals surface area contributed by atoms with Crippen LogP contribution in [0.15, 0.2) is 33.9 Å². The van der Waals surface area contributed by atoms with Crippen molar-refractivity contribution in [2.45, 2.75) is 24.0 Å². The smallest absolute Gasteiger partial charge is 0.348 e. The molecule has 2 heterocycles. The average Bonchev–Trinajstić information content (AvgIpc) is 3.37. The summed E-state index contributed by atoms with van der Waals surface area (Å²) in [6.45, 7) is 1.70. The van der Waals surface area contributed by atoms with Crippen molar-refractivity contribution in [2.75, 3.05) is 20.0 Å². The van der Waals surface area contributed by atoms with Crippen LogP contribution in [0.25, 0.3) is 0 Å². The second kappa shape index (κ2) is 9.79. The van der Waals surface area contributed by atoms with E-state index in [-0.39, 0.29) is 38.1 Å². The van der Waals surface area contributed by atoms with E-state index in [2.05, 4.69) is 10.2 Å². The van der Waals surface area contributed by atoms with Gasteiger partial charge in [0, 0.05) is 11.3 Å². The molecule has 9 nitrogen and oxygen atoms in total. The lowest BCUT2D eigenvalue weighted by Crippen LogP contribution is -2.08. The van der Waals surface area contributed by atoms with Crippen LogP contribution in [0.4, 0.5) is 9.39 Å². The Kier molecular flexibility index (Phi) is 7.13. The first-order valence-electron chi connectivity index (χ1n) is 8.80. The molecular weight excluding hydrogens is 449 g/mol. The van der Waals surface area contributed by atoms with Gasteiger partial charge in [-0.25, -0.2) is 14.0 Å². The summed E-state index contributed by atoms with van der Waals surface area (Å²) >= 11 is 2.05. The van der Waals surface area contributed by atoms with Crippen LogP contribution in [0.1, 0.15) is 44.5 Å². The third kappa shape index (κ3) is 5.14. The molecule has 0 bridgehead atoms. The first-order valence-corrected chi connectivity index (χ1v) is 10.6. The standard InChI is InChI=1S/C19H18FN3O6S2/c1-9(28-11-6-4-10(20)5-7-11)16-22-23-19(29-16)30-8-12-13(17(24)26-2)15(21)31-14(12)18(25)27-3/h4-7,9H,8,21H2,1-3H3/t9-/m0/s1. The number of aromatic nitrogens is 2. The van der Waals surface area contributed by atoms with Gasteiger partial charge in [-0.05, 0) is 31.2 Å². The van der Waals surface area contributed by atoms with Gasteiger partial charge in [-0.2, -0.15) is 0 Å². The van der Waals surface area contributed by atoms with Gasteiger partial charge >= 0.3 is 11.9 Å². The van der Waals surface area contributed by atoms with Gasteiger partial charge in [-0.1, -0.05) is 11.8 Å². The van der Waals surface area contributed by atoms with Crippen molar-refractivity contribution in [3.05, 3.63) is 52.0 Å². The van der Waals surface area contributed by atoms with E-state index in [4.69, 9.17) is 24.4 Å². The SMILES string of the molecule is COC(=O)c1sc(N)c(C(=O)OC)c1CSc1nnc([C@H](C)Oc2ccc(F)cc2)o1. The zero-order chi connectivity index (χ0) is 22.5. The topological polar surface area (TPSA) is 127 Å². The highest BCUT2D eigenvalue weighted by Crippen LogP contribution is 2.36. The number of benzene rings is 1. The van der Waals surface area contributed by atoms with Crippen LogP contribution in [0.5, 0.6) is 5.75 Å². The van der Waals surface area contributed by atoms with E-state index in [0.717, 1.165) is 23.1 Å². The fourth-order valence-corrected chi connectivity index (χ4v) is 4.43. The number of nitrogens with two attached hydrogens (primary N) is 1. The number of hydrogen-bond acceptors (Lipinski definition) is 11. The maximum atomic E-state index is 13.0. The average molecular weight is 468 g/mol. The molecule has 0 saturated heterocycles. The fraction of sp³-hybridized carbons (Fsp3) is 0.263. The van der Waals surface area contributed by atoms with Crippen molar-refractivity contribution in [1.29, 1.82) is 0 Å². The molecule has 0 unspecified atom stereocenters. The van der Waals surface area contributed by atoms with E-state index in [1.165, 1.54) is 38.5 Å². The number of nitrogens with zero attached hydrogens (tertiary/aromatic N) is 2. The minimum absolute atomic E-state index is 0.105. The van der Waals surface area contributed by atoms with E-state index in [0.29, 0.717) is 11.3 Å². The summed E-state index contributed by atoms with van der Waals surface area (Å²) in [6, 6.07) is 5.53. The molecule has 3 rings (SSSR count). The summed E-state index contributed by atoms with van der Waals surface area (Å²) in [5.41, 5.74) is 6.38. The van der Waals surface area contributed by atoms with Crippen LogP contribution in [-0.4, -0.2) is 36.4 Å². The third-order valence-corrected chi connectivity index (χ3v) is 5.92. The number of thioether (sulfide) groups is 1. The predicted molar refractivity (Wildman–Crippen MR) is 111 cm³/mol. The van der Waals surface area contributed by atoms with Crippen molar-refractivity contribution < 1.29 is 32.6 Å². The molecule has 31 heavy (non-hydrogen) atoms. The number of rotatable bonds is 8. The minimum Gasteiger partial charge on any atom is -0.481 e. The van der Waals surface area contributed by atoms with Crippen LogP contribution in [-0.2, 0) is 15.2 Å². The first kappa shape index (κ1) is 22.6. The number of anilines is 1. The highest BCUT2D eigenvalue weighted by molar-refractivity contribution is 7.98. The summed E-state index contributed by atoms with van der Waals surface area (Å²) < 4.78 is 33.8. The van der Waals surface area contributed by atoms with Crippen molar-refractivity contribution >= 4 is 40.0 Å². The predicted octanol–water partition coefficient (Wildman–Crippen LogP) is 3.86. The molecule has 12 heteroatoms. The lowest BCUT2D eigenvalue weighted by Gasteiger charge is -2.10. The maximum Gasteiger partial charge on any atom is 0.348 e. The Labute approximate surface area is 184 Å². The van der Waals surface area contributed by atoms with Gasteiger partial charge in [0.25, 0.3) is 11.1 Å². The lowest BCUT2D eigenvalue weighted by molar-refractivity contribution is 0.0601. The minimum atomic E-state index is -0.660. The van der Waals surface area contributed by atoms with Crippen LogP contribution in [0.3, 0.4) is 0 Å². The Morgan fingerprint density at radius 1 is 1.19 bits per heavy atom. The molecule has 0 aliphatic carbocycles. The molecule has 0 amide bonds. The first-order chi connectivity index (χ1) is 14.8. The summed E-state index contributed by atoms with van der Waals surface area (Å²) in [6.07, 6.45) is -0.583. The molecule has 0 aliphatic heterocycles. The van der Waals surface area contributed by atoms with Gasteiger partial charge in [0.1, 0.15) is 21.4 Å². The Morgan fingerprint density at radius 2 is 1.87 bits per heavy atom. The number of esters is 2. The van der Waals surface area contributed by atoms with E-state index in [1.54, 1.807) is 6.92 Å². The Balaban J connectivity index is 1.75. The Morgan fingerprint density at radius 3 is 2.52 bits per heavy atom. The number of carbonyl (C=O) groups excluding carboxylic acids is 2. The van der Waals surface area contributed by atoms with E-state index >= 15 is 0 Å². The molecule has 0 fully saturated rings. The summed E-state index contributed by atoms with van der Waals surface area (Å²) in [4.78, 5) is 24.4. The molecule has 164 valence electrons. The molecule has 0 aliphatic rings. The Bertz CT molecular complexity index is 1080. The quantitative estimate of drug-likeness (QED) is 0.385. The van der Waals surface area contributed by atoms with Crippen LogP contribution < -0.4 is 10.5 Å². The van der Waals surface area contributed by atoms with Crippen LogP contribution >= 0.6 is 23.1 Å². The second-order valence-electron chi connectivity index (χ2n) is 6.04. The summed E-state index contributed by atoms with van der Waals surface area (Å²) in [5.74, 6) is -0.860. The monoisotopic (exact) mass is 467 g/mol. The zero-order valence-corrected chi connectivity index (χ0v) is 18.3. The number of carbonyl (C=O) groups is 2. The number of halogens is 1. The van der Waals surface area contributed by atoms with Gasteiger partial charge < -0.3 is 24.4 Å². The molecule has 0 spiro atoms. The van der Waals surface area contributed by atoms with Crippen molar-refractivity contribution in [3.63, 3.8) is 0 Å². The Hall–Kier alpha value is -3.12. The van der Waals surface area contributed by atoms with E-state index in [1.807, 2.05) is 0 Å². The molecule has 1 aromatic carbocycles.